The number of carbonyl (C=O) groups is 1. The third kappa shape index (κ3) is 2.68. The number of hydrogen-bond donors (Lipinski definition) is 0. The van der Waals surface area contributed by atoms with E-state index in [1.54, 1.807) is 13.8 Å². The fourth-order valence-electron chi connectivity index (χ4n) is 1.17. The minimum absolute atomic E-state index is 0.0431. The van der Waals surface area contributed by atoms with E-state index in [2.05, 4.69) is 0 Å². The quantitative estimate of drug-likeness (QED) is 0.719. The average molecular weight is 212 g/mol. The summed E-state index contributed by atoms with van der Waals surface area (Å²) in [6.07, 6.45) is 0. The van der Waals surface area contributed by atoms with Crippen LogP contribution in [0, 0.1) is 5.82 Å². The van der Waals surface area contributed by atoms with Crippen LogP contribution in [0.5, 0.6) is 5.75 Å². The van der Waals surface area contributed by atoms with Gasteiger partial charge in [0.05, 0.1) is 13.2 Å². The van der Waals surface area contributed by atoms with Gasteiger partial charge < -0.3 is 9.47 Å². The van der Waals surface area contributed by atoms with Crippen LogP contribution >= 0.6 is 0 Å². The number of carbonyl (C=O) groups excluding carboxylic acids is 1. The first-order chi connectivity index (χ1) is 7.20. The maximum atomic E-state index is 13.3. The van der Waals surface area contributed by atoms with Gasteiger partial charge in [-0.1, -0.05) is 6.07 Å². The molecule has 0 aliphatic rings. The van der Waals surface area contributed by atoms with Crippen molar-refractivity contribution in [2.45, 2.75) is 13.8 Å². The Balaban J connectivity index is 3.04. The molecule has 0 fully saturated rings. The van der Waals surface area contributed by atoms with Gasteiger partial charge in [-0.2, -0.15) is 0 Å². The average Bonchev–Trinajstić information content (AvgIpc) is 2.21. The molecule has 0 aliphatic heterocycles. The minimum atomic E-state index is -0.569. The van der Waals surface area contributed by atoms with Crippen LogP contribution in [0.1, 0.15) is 24.2 Å². The largest absolute Gasteiger partial charge is 0.490 e. The lowest BCUT2D eigenvalue weighted by Crippen LogP contribution is -2.09. The first-order valence-electron chi connectivity index (χ1n) is 4.79. The second-order valence-electron chi connectivity index (χ2n) is 2.77. The third-order valence-corrected chi connectivity index (χ3v) is 1.75. The second kappa shape index (κ2) is 5.34. The van der Waals surface area contributed by atoms with Gasteiger partial charge in [0.2, 0.25) is 0 Å². The maximum Gasteiger partial charge on any atom is 0.342 e. The van der Waals surface area contributed by atoms with Crippen LogP contribution in [-0.2, 0) is 4.74 Å². The lowest BCUT2D eigenvalue weighted by molar-refractivity contribution is 0.0521. The van der Waals surface area contributed by atoms with Crippen molar-refractivity contribution in [3.8, 4) is 5.75 Å². The Bertz CT molecular complexity index is 350. The lowest BCUT2D eigenvalue weighted by atomic mass is 10.2. The van der Waals surface area contributed by atoms with E-state index in [-0.39, 0.29) is 17.9 Å². The van der Waals surface area contributed by atoms with Crippen LogP contribution in [-0.4, -0.2) is 19.2 Å². The van der Waals surface area contributed by atoms with E-state index in [1.807, 2.05) is 0 Å². The van der Waals surface area contributed by atoms with Gasteiger partial charge in [-0.25, -0.2) is 9.18 Å². The van der Waals surface area contributed by atoms with E-state index in [4.69, 9.17) is 9.47 Å². The summed E-state index contributed by atoms with van der Waals surface area (Å²) in [5.74, 6) is -1.17. The van der Waals surface area contributed by atoms with E-state index in [0.29, 0.717) is 6.61 Å². The summed E-state index contributed by atoms with van der Waals surface area (Å²) in [4.78, 5) is 11.4. The molecule has 0 bridgehead atoms. The van der Waals surface area contributed by atoms with Crippen molar-refractivity contribution in [2.24, 2.45) is 0 Å². The summed E-state index contributed by atoms with van der Waals surface area (Å²) in [6.45, 7) is 3.97. The molecule has 0 N–H and O–H groups in total. The Labute approximate surface area is 87.8 Å². The second-order valence-corrected chi connectivity index (χ2v) is 2.77. The highest BCUT2D eigenvalue weighted by atomic mass is 19.1. The molecule has 1 aromatic carbocycles. The van der Waals surface area contributed by atoms with Gasteiger partial charge in [0, 0.05) is 0 Å². The van der Waals surface area contributed by atoms with Crippen molar-refractivity contribution >= 4 is 5.97 Å². The molecule has 0 aliphatic carbocycles. The Morgan fingerprint density at radius 2 is 2.07 bits per heavy atom. The summed E-state index contributed by atoms with van der Waals surface area (Å²) >= 11 is 0. The number of benzene rings is 1. The van der Waals surface area contributed by atoms with Crippen LogP contribution < -0.4 is 4.74 Å². The Kier molecular flexibility index (Phi) is 4.09. The Morgan fingerprint density at radius 3 is 2.67 bits per heavy atom. The van der Waals surface area contributed by atoms with Gasteiger partial charge in [0.25, 0.3) is 0 Å². The molecule has 0 heterocycles. The Hall–Kier alpha value is -1.58. The number of halogens is 1. The molecule has 0 radical (unpaired) electrons. The van der Waals surface area contributed by atoms with Crippen LogP contribution in [0.15, 0.2) is 18.2 Å². The molecule has 15 heavy (non-hydrogen) atoms. The fourth-order valence-corrected chi connectivity index (χ4v) is 1.17. The highest BCUT2D eigenvalue weighted by Crippen LogP contribution is 2.23. The lowest BCUT2D eigenvalue weighted by Gasteiger charge is -2.09. The predicted molar refractivity (Wildman–Crippen MR) is 53.5 cm³/mol. The number of para-hydroxylation sites is 1. The summed E-state index contributed by atoms with van der Waals surface area (Å²) in [5.41, 5.74) is 0.124. The van der Waals surface area contributed by atoms with Crippen molar-refractivity contribution in [1.29, 1.82) is 0 Å². The number of ether oxygens (including phenoxy) is 2. The van der Waals surface area contributed by atoms with Crippen LogP contribution in [0.25, 0.3) is 0 Å². The van der Waals surface area contributed by atoms with E-state index in [0.717, 1.165) is 0 Å². The molecule has 0 aromatic heterocycles. The normalized spacial score (nSPS) is 9.80. The van der Waals surface area contributed by atoms with Gasteiger partial charge in [-0.15, -0.1) is 0 Å². The molecule has 0 unspecified atom stereocenters. The van der Waals surface area contributed by atoms with Gasteiger partial charge in [-0.05, 0) is 26.0 Å². The van der Waals surface area contributed by atoms with Gasteiger partial charge in [0.15, 0.2) is 11.6 Å². The minimum Gasteiger partial charge on any atom is -0.490 e. The van der Waals surface area contributed by atoms with Crippen molar-refractivity contribution in [1.82, 2.24) is 0 Å². The van der Waals surface area contributed by atoms with E-state index < -0.39 is 11.8 Å². The molecule has 1 aromatic rings. The molecular formula is C11H13FO3. The highest BCUT2D eigenvalue weighted by Gasteiger charge is 2.16. The number of rotatable bonds is 4. The first-order valence-corrected chi connectivity index (χ1v) is 4.79. The summed E-state index contributed by atoms with van der Waals surface area (Å²) in [7, 11) is 0. The SMILES string of the molecule is CCOC(=O)c1cccc(F)c1OCC. The third-order valence-electron chi connectivity index (χ3n) is 1.75. The van der Waals surface area contributed by atoms with E-state index in [1.165, 1.54) is 18.2 Å². The molecule has 3 nitrogen and oxygen atoms in total. The molecule has 0 saturated heterocycles. The molecule has 0 atom stereocenters. The molecule has 4 heteroatoms. The predicted octanol–water partition coefficient (Wildman–Crippen LogP) is 2.40. The van der Waals surface area contributed by atoms with Crippen molar-refractivity contribution in [3.63, 3.8) is 0 Å². The van der Waals surface area contributed by atoms with E-state index >= 15 is 0 Å². The standard InChI is InChI=1S/C11H13FO3/c1-3-14-10-8(11(13)15-4-2)6-5-7-9(10)12/h5-7H,3-4H2,1-2H3. The zero-order chi connectivity index (χ0) is 11.3. The summed E-state index contributed by atoms with van der Waals surface area (Å²) in [5, 5.41) is 0. The Morgan fingerprint density at radius 1 is 1.33 bits per heavy atom. The number of esters is 1. The van der Waals surface area contributed by atoms with Gasteiger partial charge in [-0.3, -0.25) is 0 Å². The summed E-state index contributed by atoms with van der Waals surface area (Å²) in [6, 6.07) is 4.17. The molecule has 82 valence electrons. The van der Waals surface area contributed by atoms with Crippen molar-refractivity contribution in [2.75, 3.05) is 13.2 Å². The maximum absolute atomic E-state index is 13.3. The summed E-state index contributed by atoms with van der Waals surface area (Å²) < 4.78 is 23.1. The van der Waals surface area contributed by atoms with Crippen LogP contribution in [0.3, 0.4) is 0 Å². The molecule has 0 amide bonds. The zero-order valence-electron chi connectivity index (χ0n) is 8.75. The first kappa shape index (κ1) is 11.5. The molecule has 1 rings (SSSR count). The van der Waals surface area contributed by atoms with Crippen molar-refractivity contribution < 1.29 is 18.7 Å². The van der Waals surface area contributed by atoms with Crippen LogP contribution in [0.2, 0.25) is 0 Å². The van der Waals surface area contributed by atoms with Gasteiger partial charge in [0.1, 0.15) is 5.56 Å². The fraction of sp³-hybridized carbons (Fsp3) is 0.364. The topological polar surface area (TPSA) is 35.5 Å². The zero-order valence-corrected chi connectivity index (χ0v) is 8.75. The van der Waals surface area contributed by atoms with Gasteiger partial charge >= 0.3 is 5.97 Å². The monoisotopic (exact) mass is 212 g/mol. The van der Waals surface area contributed by atoms with E-state index in [9.17, 15) is 9.18 Å². The molecule has 0 saturated carbocycles. The highest BCUT2D eigenvalue weighted by molar-refractivity contribution is 5.92. The van der Waals surface area contributed by atoms with Crippen LogP contribution in [0.4, 0.5) is 4.39 Å². The molecule has 0 spiro atoms. The number of hydrogen-bond acceptors (Lipinski definition) is 3. The molecular weight excluding hydrogens is 199 g/mol. The van der Waals surface area contributed by atoms with Crippen molar-refractivity contribution in [3.05, 3.63) is 29.6 Å². The smallest absolute Gasteiger partial charge is 0.342 e.